The molecule has 0 amide bonds. The number of hydrogen-bond acceptors (Lipinski definition) is 5. The smallest absolute Gasteiger partial charge is 0.204 e. The molecule has 0 radical (unpaired) electrons. The zero-order chi connectivity index (χ0) is 21.2. The number of halogens is 1. The minimum atomic E-state index is -0.210. The monoisotopic (exact) mass is 435 g/mol. The van der Waals surface area contributed by atoms with E-state index in [1.165, 1.54) is 12.1 Å². The van der Waals surface area contributed by atoms with Crippen molar-refractivity contribution in [2.75, 3.05) is 31.1 Å². The van der Waals surface area contributed by atoms with Crippen molar-refractivity contribution < 1.29 is 8.81 Å². The van der Waals surface area contributed by atoms with E-state index in [4.69, 9.17) is 21.7 Å². The number of benzene rings is 2. The summed E-state index contributed by atoms with van der Waals surface area (Å²) in [6, 6.07) is 20.4. The average Bonchev–Trinajstić information content (AvgIpc) is 3.44. The molecule has 5 rings (SSSR count). The summed E-state index contributed by atoms with van der Waals surface area (Å²) in [7, 11) is 0. The van der Waals surface area contributed by atoms with Gasteiger partial charge in [-0.15, -0.1) is 5.10 Å². The number of piperazine rings is 1. The first kappa shape index (κ1) is 19.7. The predicted molar refractivity (Wildman–Crippen MR) is 120 cm³/mol. The third-order valence-electron chi connectivity index (χ3n) is 5.49. The lowest BCUT2D eigenvalue weighted by molar-refractivity contribution is 0.194. The van der Waals surface area contributed by atoms with Gasteiger partial charge in [0, 0.05) is 31.9 Å². The van der Waals surface area contributed by atoms with Gasteiger partial charge in [0.15, 0.2) is 5.76 Å². The van der Waals surface area contributed by atoms with Crippen LogP contribution in [-0.2, 0) is 6.67 Å². The van der Waals surface area contributed by atoms with Crippen molar-refractivity contribution >= 4 is 17.9 Å². The number of para-hydroxylation sites is 1. The summed E-state index contributed by atoms with van der Waals surface area (Å²) in [6.45, 7) is 4.07. The second-order valence-electron chi connectivity index (χ2n) is 7.48. The zero-order valence-corrected chi connectivity index (χ0v) is 17.7. The molecule has 0 atom stereocenters. The Morgan fingerprint density at radius 1 is 0.871 bits per heavy atom. The van der Waals surface area contributed by atoms with Crippen LogP contribution >= 0.6 is 12.2 Å². The molecule has 0 aliphatic carbocycles. The first-order valence-corrected chi connectivity index (χ1v) is 10.6. The van der Waals surface area contributed by atoms with Crippen LogP contribution in [0, 0.1) is 10.6 Å². The Balaban J connectivity index is 1.37. The van der Waals surface area contributed by atoms with Gasteiger partial charge in [0.25, 0.3) is 0 Å². The fourth-order valence-corrected chi connectivity index (χ4v) is 4.15. The summed E-state index contributed by atoms with van der Waals surface area (Å²) in [5, 5.41) is 4.79. The molecule has 4 aromatic rings. The fourth-order valence-electron chi connectivity index (χ4n) is 3.86. The molecule has 6 nitrogen and oxygen atoms in total. The van der Waals surface area contributed by atoms with E-state index in [2.05, 4.69) is 9.80 Å². The van der Waals surface area contributed by atoms with E-state index >= 15 is 0 Å². The second-order valence-corrected chi connectivity index (χ2v) is 7.84. The molecule has 8 heteroatoms. The molecule has 158 valence electrons. The zero-order valence-electron chi connectivity index (χ0n) is 16.9. The van der Waals surface area contributed by atoms with Gasteiger partial charge in [-0.25, -0.2) is 9.07 Å². The van der Waals surface area contributed by atoms with Gasteiger partial charge in [0.1, 0.15) is 5.82 Å². The molecule has 2 aromatic heterocycles. The molecule has 2 aromatic carbocycles. The Morgan fingerprint density at radius 3 is 2.29 bits per heavy atom. The third-order valence-corrected chi connectivity index (χ3v) is 5.89. The van der Waals surface area contributed by atoms with Gasteiger partial charge in [-0.05, 0) is 60.7 Å². The van der Waals surface area contributed by atoms with Gasteiger partial charge >= 0.3 is 0 Å². The number of hydrogen-bond donors (Lipinski definition) is 0. The maximum atomic E-state index is 13.2. The normalized spacial score (nSPS) is 14.8. The topological polar surface area (TPSA) is 42.4 Å². The van der Waals surface area contributed by atoms with Gasteiger partial charge in [-0.2, -0.15) is 0 Å². The van der Waals surface area contributed by atoms with Gasteiger partial charge in [-0.1, -0.05) is 18.2 Å². The summed E-state index contributed by atoms with van der Waals surface area (Å²) in [6.07, 6.45) is 1.64. The molecule has 0 unspecified atom stereocenters. The number of furan rings is 1. The maximum absolute atomic E-state index is 13.2. The highest BCUT2D eigenvalue weighted by Crippen LogP contribution is 2.23. The van der Waals surface area contributed by atoms with Crippen molar-refractivity contribution in [1.82, 2.24) is 19.2 Å². The molecular formula is C23H22FN5OS. The number of anilines is 1. The summed E-state index contributed by atoms with van der Waals surface area (Å²) < 4.78 is 23.2. The number of nitrogens with zero attached hydrogens (tertiary/aromatic N) is 5. The Hall–Kier alpha value is -3.23. The predicted octanol–water partition coefficient (Wildman–Crippen LogP) is 4.58. The van der Waals surface area contributed by atoms with Crippen molar-refractivity contribution in [3.05, 3.63) is 83.6 Å². The highest BCUT2D eigenvalue weighted by Gasteiger charge is 2.21. The average molecular weight is 436 g/mol. The molecule has 31 heavy (non-hydrogen) atoms. The Kier molecular flexibility index (Phi) is 5.40. The molecule has 1 fully saturated rings. The molecule has 3 heterocycles. The minimum absolute atomic E-state index is 0.210. The van der Waals surface area contributed by atoms with Crippen LogP contribution in [0.1, 0.15) is 0 Å². The van der Waals surface area contributed by atoms with Crippen LogP contribution in [0.15, 0.2) is 77.4 Å². The highest BCUT2D eigenvalue weighted by atomic mass is 32.1. The van der Waals surface area contributed by atoms with Crippen molar-refractivity contribution in [3.63, 3.8) is 0 Å². The third kappa shape index (κ3) is 4.04. The number of rotatable bonds is 5. The van der Waals surface area contributed by atoms with E-state index in [1.54, 1.807) is 6.26 Å². The Morgan fingerprint density at radius 2 is 1.61 bits per heavy atom. The van der Waals surface area contributed by atoms with Crippen molar-refractivity contribution in [2.45, 2.75) is 6.67 Å². The molecular weight excluding hydrogens is 413 g/mol. The van der Waals surface area contributed by atoms with E-state index in [9.17, 15) is 4.39 Å². The van der Waals surface area contributed by atoms with Crippen LogP contribution in [0.25, 0.3) is 17.3 Å². The number of aromatic nitrogens is 3. The van der Waals surface area contributed by atoms with Gasteiger partial charge < -0.3 is 9.32 Å². The molecule has 0 spiro atoms. The Bertz CT molecular complexity index is 1190. The molecule has 0 bridgehead atoms. The first-order valence-electron chi connectivity index (χ1n) is 10.2. The standard InChI is InChI=1S/C23H22FN5OS/c24-18-8-10-19(11-9-18)27-14-12-26(13-15-27)17-28-23(31)29(20-5-2-1-3-6-20)22(25-28)21-7-4-16-30-21/h1-11,16H,12-15,17H2. The summed E-state index contributed by atoms with van der Waals surface area (Å²) in [4.78, 5) is 4.59. The van der Waals surface area contributed by atoms with Crippen molar-refractivity contribution in [1.29, 1.82) is 0 Å². The largest absolute Gasteiger partial charge is 0.461 e. The second kappa shape index (κ2) is 8.49. The summed E-state index contributed by atoms with van der Waals surface area (Å²) in [5.74, 6) is 1.15. The van der Waals surface area contributed by atoms with Gasteiger partial charge in [0.2, 0.25) is 10.6 Å². The first-order chi connectivity index (χ1) is 15.2. The fraction of sp³-hybridized carbons (Fsp3) is 0.217. The molecule has 1 aliphatic rings. The lowest BCUT2D eigenvalue weighted by Gasteiger charge is -2.35. The lowest BCUT2D eigenvalue weighted by atomic mass is 10.2. The maximum Gasteiger partial charge on any atom is 0.204 e. The van der Waals surface area contributed by atoms with Crippen molar-refractivity contribution in [3.8, 4) is 17.3 Å². The van der Waals surface area contributed by atoms with Crippen LogP contribution in [-0.4, -0.2) is 45.4 Å². The Labute approximate surface area is 184 Å². The van der Waals surface area contributed by atoms with E-state index in [-0.39, 0.29) is 5.82 Å². The van der Waals surface area contributed by atoms with Crippen LogP contribution < -0.4 is 4.90 Å². The van der Waals surface area contributed by atoms with Gasteiger partial charge in [0.05, 0.1) is 18.6 Å². The van der Waals surface area contributed by atoms with Crippen molar-refractivity contribution in [2.24, 2.45) is 0 Å². The quantitative estimate of drug-likeness (QED) is 0.429. The molecule has 0 N–H and O–H groups in total. The molecule has 1 aliphatic heterocycles. The van der Waals surface area contributed by atoms with E-state index in [1.807, 2.05) is 63.8 Å². The summed E-state index contributed by atoms with van der Waals surface area (Å²) in [5.41, 5.74) is 2.00. The molecule has 0 saturated carbocycles. The van der Waals surface area contributed by atoms with Crippen LogP contribution in [0.2, 0.25) is 0 Å². The summed E-state index contributed by atoms with van der Waals surface area (Å²) >= 11 is 5.80. The van der Waals surface area contributed by atoms with Crippen LogP contribution in [0.4, 0.5) is 10.1 Å². The minimum Gasteiger partial charge on any atom is -0.461 e. The lowest BCUT2D eigenvalue weighted by Crippen LogP contribution is -2.47. The van der Waals surface area contributed by atoms with Crippen LogP contribution in [0.3, 0.4) is 0 Å². The molecule has 1 saturated heterocycles. The van der Waals surface area contributed by atoms with E-state index in [0.29, 0.717) is 23.0 Å². The van der Waals surface area contributed by atoms with Crippen LogP contribution in [0.5, 0.6) is 0 Å². The van der Waals surface area contributed by atoms with E-state index < -0.39 is 0 Å². The van der Waals surface area contributed by atoms with Gasteiger partial charge in [-0.3, -0.25) is 9.47 Å². The van der Waals surface area contributed by atoms with E-state index in [0.717, 1.165) is 37.6 Å². The SMILES string of the molecule is Fc1ccc(N2CCN(Cn3nc(-c4ccco4)n(-c4ccccc4)c3=S)CC2)cc1. The highest BCUT2D eigenvalue weighted by molar-refractivity contribution is 7.71.